The molecule has 25 heavy (non-hydrogen) atoms. The molecule has 0 aliphatic rings. The highest BCUT2D eigenvalue weighted by Crippen LogP contribution is 2.41. The topological polar surface area (TPSA) is 28.7 Å². The van der Waals surface area contributed by atoms with Crippen LogP contribution in [0.3, 0.4) is 0 Å². The number of nitrogens with zero attached hydrogens (tertiary/aromatic N) is 1. The summed E-state index contributed by atoms with van der Waals surface area (Å²) in [6.07, 6.45) is 9.72. The van der Waals surface area contributed by atoms with E-state index in [0.717, 1.165) is 12.8 Å². The molecule has 0 aliphatic carbocycles. The number of hydrogen-bond donors (Lipinski definition) is 1. The minimum Gasteiger partial charge on any atom is -0.345 e. The van der Waals surface area contributed by atoms with Gasteiger partial charge in [-0.25, -0.2) is 4.98 Å². The first-order valence-electron chi connectivity index (χ1n) is 10.7. The van der Waals surface area contributed by atoms with E-state index in [4.69, 9.17) is 4.98 Å². The van der Waals surface area contributed by atoms with Gasteiger partial charge >= 0.3 is 0 Å². The maximum atomic E-state index is 5.27. The fraction of sp³-hybridized carbons (Fsp3) is 0.870. The van der Waals surface area contributed by atoms with Crippen LogP contribution < -0.4 is 0 Å². The molecule has 0 saturated heterocycles. The van der Waals surface area contributed by atoms with Gasteiger partial charge in [-0.3, -0.25) is 0 Å². The zero-order valence-corrected chi connectivity index (χ0v) is 18.6. The van der Waals surface area contributed by atoms with E-state index in [1.807, 2.05) is 0 Å². The second-order valence-corrected chi connectivity index (χ2v) is 9.55. The van der Waals surface area contributed by atoms with Crippen molar-refractivity contribution in [3.05, 3.63) is 17.2 Å². The van der Waals surface area contributed by atoms with Crippen molar-refractivity contribution in [3.8, 4) is 0 Å². The first-order valence-corrected chi connectivity index (χ1v) is 10.7. The zero-order valence-electron chi connectivity index (χ0n) is 18.6. The number of unbranched alkanes of at least 4 members (excludes halogenated alkanes) is 2. The van der Waals surface area contributed by atoms with Gasteiger partial charge in [0.2, 0.25) is 0 Å². The molecule has 0 bridgehead atoms. The Hall–Kier alpha value is -0.790. The van der Waals surface area contributed by atoms with Crippen LogP contribution in [0.2, 0.25) is 0 Å². The second kappa shape index (κ2) is 8.73. The first kappa shape index (κ1) is 22.3. The van der Waals surface area contributed by atoms with Gasteiger partial charge in [-0.05, 0) is 25.7 Å². The van der Waals surface area contributed by atoms with Crippen molar-refractivity contribution in [3.63, 3.8) is 0 Å². The summed E-state index contributed by atoms with van der Waals surface area (Å²) in [5, 5.41) is 0. The van der Waals surface area contributed by atoms with E-state index in [0.29, 0.717) is 0 Å². The smallest absolute Gasteiger partial charge is 0.112 e. The molecule has 1 rings (SSSR count). The minimum atomic E-state index is 0.117. The van der Waals surface area contributed by atoms with E-state index < -0.39 is 0 Å². The van der Waals surface area contributed by atoms with Crippen LogP contribution in [-0.2, 0) is 16.2 Å². The van der Waals surface area contributed by atoms with E-state index >= 15 is 0 Å². The molecular weight excluding hydrogens is 304 g/mol. The Morgan fingerprint density at radius 2 is 1.24 bits per heavy atom. The maximum Gasteiger partial charge on any atom is 0.112 e. The third kappa shape index (κ3) is 5.11. The van der Waals surface area contributed by atoms with Crippen LogP contribution in [0.5, 0.6) is 0 Å². The van der Waals surface area contributed by atoms with Crippen LogP contribution in [0.1, 0.15) is 131 Å². The van der Waals surface area contributed by atoms with E-state index in [1.165, 1.54) is 55.7 Å². The largest absolute Gasteiger partial charge is 0.345 e. The molecule has 0 atom stereocenters. The lowest BCUT2D eigenvalue weighted by Gasteiger charge is -2.32. The highest BCUT2D eigenvalue weighted by Gasteiger charge is 2.37. The van der Waals surface area contributed by atoms with Gasteiger partial charge in [0.15, 0.2) is 0 Å². The van der Waals surface area contributed by atoms with Gasteiger partial charge in [0.25, 0.3) is 0 Å². The highest BCUT2D eigenvalue weighted by atomic mass is 15.0. The summed E-state index contributed by atoms with van der Waals surface area (Å²) in [7, 11) is 0. The third-order valence-corrected chi connectivity index (χ3v) is 6.46. The number of rotatable bonds is 11. The van der Waals surface area contributed by atoms with Gasteiger partial charge in [-0.15, -0.1) is 0 Å². The lowest BCUT2D eigenvalue weighted by Crippen LogP contribution is -2.28. The summed E-state index contributed by atoms with van der Waals surface area (Å²) in [6, 6.07) is 0. The molecule has 146 valence electrons. The normalized spacial score (nSPS) is 13.5. The van der Waals surface area contributed by atoms with Crippen LogP contribution in [0.15, 0.2) is 0 Å². The second-order valence-electron chi connectivity index (χ2n) is 9.55. The quantitative estimate of drug-likeness (QED) is 0.442. The molecule has 1 heterocycles. The Balaban J connectivity index is 3.42. The first-order chi connectivity index (χ1) is 11.6. The maximum absolute atomic E-state index is 5.27. The molecule has 2 nitrogen and oxygen atoms in total. The molecule has 0 spiro atoms. The van der Waals surface area contributed by atoms with Gasteiger partial charge in [-0.1, -0.05) is 88.0 Å². The summed E-state index contributed by atoms with van der Waals surface area (Å²) in [5.74, 6) is 1.20. The average molecular weight is 349 g/mol. The molecule has 2 heteroatoms. The number of hydrogen-bond acceptors (Lipinski definition) is 1. The number of aromatic amines is 1. The predicted molar refractivity (Wildman–Crippen MR) is 112 cm³/mol. The molecular formula is C23H44N2. The molecule has 0 saturated carbocycles. The summed E-state index contributed by atoms with van der Waals surface area (Å²) < 4.78 is 0. The predicted octanol–water partition coefficient (Wildman–Crippen LogP) is 7.42. The van der Waals surface area contributed by atoms with E-state index in [-0.39, 0.29) is 16.2 Å². The molecule has 0 aromatic carbocycles. The summed E-state index contributed by atoms with van der Waals surface area (Å²) in [4.78, 5) is 9.11. The third-order valence-electron chi connectivity index (χ3n) is 6.46. The lowest BCUT2D eigenvalue weighted by molar-refractivity contribution is 0.391. The molecule has 0 fully saturated rings. The highest BCUT2D eigenvalue weighted by molar-refractivity contribution is 5.31. The molecule has 1 aromatic heterocycles. The van der Waals surface area contributed by atoms with Crippen molar-refractivity contribution in [1.82, 2.24) is 9.97 Å². The standard InChI is InChI=1S/C23H44N2/c1-10-14-16-21(5,6)18-19(23(9,12-3)13-4)25-20(24-18)22(7,8)17-15-11-2/h10-17H2,1-9H3,(H,24,25). The van der Waals surface area contributed by atoms with Crippen molar-refractivity contribution < 1.29 is 0 Å². The SMILES string of the molecule is CCCCC(C)(C)c1nc(C(C)(C)CCCC)c(C(C)(CC)CC)[nH]1. The van der Waals surface area contributed by atoms with Crippen LogP contribution in [-0.4, -0.2) is 9.97 Å². The zero-order chi connectivity index (χ0) is 19.3. The summed E-state index contributed by atoms with van der Waals surface area (Å²) in [5.41, 5.74) is 3.16. The van der Waals surface area contributed by atoms with Crippen molar-refractivity contribution in [2.24, 2.45) is 0 Å². The van der Waals surface area contributed by atoms with Gasteiger partial charge in [-0.2, -0.15) is 0 Å². The van der Waals surface area contributed by atoms with Crippen LogP contribution in [0, 0.1) is 0 Å². The van der Waals surface area contributed by atoms with E-state index in [9.17, 15) is 0 Å². The lowest BCUT2D eigenvalue weighted by atomic mass is 9.74. The van der Waals surface area contributed by atoms with Crippen molar-refractivity contribution in [2.75, 3.05) is 0 Å². The van der Waals surface area contributed by atoms with Crippen LogP contribution >= 0.6 is 0 Å². The molecule has 1 N–H and O–H groups in total. The van der Waals surface area contributed by atoms with Gasteiger partial charge in [0.05, 0.1) is 5.69 Å². The average Bonchev–Trinajstić information content (AvgIpc) is 3.05. The van der Waals surface area contributed by atoms with Gasteiger partial charge in [0.1, 0.15) is 5.82 Å². The van der Waals surface area contributed by atoms with Crippen molar-refractivity contribution in [2.45, 2.75) is 130 Å². The molecule has 0 aliphatic heterocycles. The Kier molecular flexibility index (Phi) is 7.77. The van der Waals surface area contributed by atoms with E-state index in [1.54, 1.807) is 0 Å². The number of H-pyrrole nitrogens is 1. The van der Waals surface area contributed by atoms with E-state index in [2.05, 4.69) is 67.3 Å². The summed E-state index contributed by atoms with van der Waals surface area (Å²) >= 11 is 0. The Labute approximate surface area is 157 Å². The molecule has 1 aromatic rings. The van der Waals surface area contributed by atoms with Crippen LogP contribution in [0.4, 0.5) is 0 Å². The Morgan fingerprint density at radius 1 is 0.760 bits per heavy atom. The molecule has 0 unspecified atom stereocenters. The Morgan fingerprint density at radius 3 is 1.68 bits per heavy atom. The fourth-order valence-corrected chi connectivity index (χ4v) is 3.70. The number of nitrogens with one attached hydrogen (secondary N) is 1. The monoisotopic (exact) mass is 348 g/mol. The van der Waals surface area contributed by atoms with Gasteiger partial charge in [0, 0.05) is 21.9 Å². The Bertz CT molecular complexity index is 518. The summed E-state index contributed by atoms with van der Waals surface area (Å²) in [6.45, 7) is 21.1. The van der Waals surface area contributed by atoms with Crippen molar-refractivity contribution >= 4 is 0 Å². The minimum absolute atomic E-state index is 0.117. The number of aromatic nitrogens is 2. The molecule has 0 amide bonds. The fourth-order valence-electron chi connectivity index (χ4n) is 3.70. The van der Waals surface area contributed by atoms with Crippen LogP contribution in [0.25, 0.3) is 0 Å². The van der Waals surface area contributed by atoms with Crippen molar-refractivity contribution in [1.29, 1.82) is 0 Å². The number of imidazole rings is 1. The molecule has 0 radical (unpaired) electrons. The van der Waals surface area contributed by atoms with Gasteiger partial charge < -0.3 is 4.98 Å².